The normalized spacial score (nSPS) is 20.9. The summed E-state index contributed by atoms with van der Waals surface area (Å²) in [5.41, 5.74) is 3.47. The van der Waals surface area contributed by atoms with Crippen LogP contribution in [0, 0.1) is 6.92 Å². The Morgan fingerprint density at radius 2 is 2.08 bits per heavy atom. The van der Waals surface area contributed by atoms with Crippen molar-refractivity contribution in [1.29, 1.82) is 0 Å². The number of hydrogen-bond donors (Lipinski definition) is 1. The molecule has 1 unspecified atom stereocenters. The zero-order valence-electron chi connectivity index (χ0n) is 20.6. The van der Waals surface area contributed by atoms with Crippen LogP contribution in [0.4, 0.5) is 20.3 Å². The Morgan fingerprint density at radius 3 is 2.89 bits per heavy atom. The molecule has 3 aromatic rings. The molecule has 0 saturated carbocycles. The maximum absolute atomic E-state index is 14.4. The van der Waals surface area contributed by atoms with Crippen LogP contribution in [0.3, 0.4) is 0 Å². The van der Waals surface area contributed by atoms with E-state index >= 15 is 0 Å². The van der Waals surface area contributed by atoms with Gasteiger partial charge in [0.25, 0.3) is 5.92 Å². The molecule has 0 spiro atoms. The van der Waals surface area contributed by atoms with Gasteiger partial charge >= 0.3 is 0 Å². The predicted molar refractivity (Wildman–Crippen MR) is 134 cm³/mol. The number of fused-ring (bicyclic) bond motifs is 5. The molecule has 1 N–H and O–H groups in total. The van der Waals surface area contributed by atoms with Crippen LogP contribution in [-0.4, -0.2) is 53.1 Å². The van der Waals surface area contributed by atoms with Gasteiger partial charge < -0.3 is 19.9 Å². The van der Waals surface area contributed by atoms with E-state index in [9.17, 15) is 13.6 Å². The highest BCUT2D eigenvalue weighted by molar-refractivity contribution is 5.94. The first-order valence-corrected chi connectivity index (χ1v) is 12.5. The summed E-state index contributed by atoms with van der Waals surface area (Å²) in [6.45, 7) is 7.95. The molecule has 6 rings (SSSR count). The first-order valence-electron chi connectivity index (χ1n) is 12.5. The molecule has 1 aromatic heterocycles. The fraction of sp³-hybridized carbons (Fsp3) is 0.444. The van der Waals surface area contributed by atoms with Gasteiger partial charge in [-0.1, -0.05) is 18.2 Å². The maximum Gasteiger partial charge on any atom is 0.273 e. The lowest BCUT2D eigenvalue weighted by molar-refractivity contribution is -0.129. The molecule has 36 heavy (non-hydrogen) atoms. The summed E-state index contributed by atoms with van der Waals surface area (Å²) in [4.78, 5) is 25.4. The number of piperazine rings is 1. The van der Waals surface area contributed by atoms with Crippen LogP contribution < -0.4 is 15.0 Å². The van der Waals surface area contributed by atoms with Crippen LogP contribution in [0.5, 0.6) is 5.75 Å². The van der Waals surface area contributed by atoms with E-state index in [1.165, 1.54) is 6.07 Å². The molecule has 1 fully saturated rings. The van der Waals surface area contributed by atoms with Gasteiger partial charge in [-0.2, -0.15) is 0 Å². The first kappa shape index (κ1) is 22.9. The minimum Gasteiger partial charge on any atom is -0.489 e. The highest BCUT2D eigenvalue weighted by atomic mass is 19.3. The van der Waals surface area contributed by atoms with E-state index in [2.05, 4.69) is 21.3 Å². The van der Waals surface area contributed by atoms with Crippen molar-refractivity contribution in [1.82, 2.24) is 14.9 Å². The van der Waals surface area contributed by atoms with Crippen LogP contribution in [-0.2, 0) is 17.1 Å². The number of aryl methyl sites for hydroxylation is 1. The monoisotopic (exact) mass is 493 g/mol. The lowest BCUT2D eigenvalue weighted by atomic mass is 9.97. The van der Waals surface area contributed by atoms with Crippen molar-refractivity contribution in [2.45, 2.75) is 51.6 Å². The average molecular weight is 494 g/mol. The summed E-state index contributed by atoms with van der Waals surface area (Å²) in [5.74, 6) is -0.639. The van der Waals surface area contributed by atoms with E-state index in [-0.39, 0.29) is 30.0 Å². The zero-order valence-corrected chi connectivity index (χ0v) is 20.6. The Labute approximate surface area is 208 Å². The number of anilines is 2. The number of nitrogens with one attached hydrogen (secondary N) is 1. The molecule has 2 aromatic carbocycles. The number of amides is 1. The molecule has 188 valence electrons. The number of nitrogens with zero attached hydrogens (tertiary/aromatic N) is 4. The molecule has 1 amide bonds. The standard InChI is InChI=1S/C27H29F2N5O2/c1-15(19-5-4-6-22-20(19)7-8-27(22,28)29)30-26-21-11-24-25(12-23(21)31-16(2)32-26)36-14-18-13-33(17(3)35)9-10-34(18)24/h4-6,11-12,15,18H,7-10,13-14H2,1-3H3,(H,30,31,32)/t15-,18?/m1/s1. The van der Waals surface area contributed by atoms with Gasteiger partial charge in [0.15, 0.2) is 0 Å². The van der Waals surface area contributed by atoms with Crippen LogP contribution in [0.2, 0.25) is 0 Å². The quantitative estimate of drug-likeness (QED) is 0.576. The molecule has 0 radical (unpaired) electrons. The van der Waals surface area contributed by atoms with E-state index in [1.807, 2.05) is 30.9 Å². The number of alkyl halides is 2. The smallest absolute Gasteiger partial charge is 0.273 e. The highest BCUT2D eigenvalue weighted by Crippen LogP contribution is 2.45. The third-order valence-electron chi connectivity index (χ3n) is 7.67. The van der Waals surface area contributed by atoms with Crippen molar-refractivity contribution in [3.8, 4) is 5.75 Å². The van der Waals surface area contributed by atoms with Crippen molar-refractivity contribution in [2.24, 2.45) is 0 Å². The van der Waals surface area contributed by atoms with Gasteiger partial charge in [-0.25, -0.2) is 18.7 Å². The van der Waals surface area contributed by atoms with Gasteiger partial charge in [0, 0.05) is 50.0 Å². The van der Waals surface area contributed by atoms with E-state index in [0.29, 0.717) is 37.8 Å². The van der Waals surface area contributed by atoms with E-state index in [4.69, 9.17) is 9.72 Å². The summed E-state index contributed by atoms with van der Waals surface area (Å²) in [6.07, 6.45) is 0.221. The lowest BCUT2D eigenvalue weighted by Crippen LogP contribution is -2.58. The fourth-order valence-corrected chi connectivity index (χ4v) is 5.83. The summed E-state index contributed by atoms with van der Waals surface area (Å²) < 4.78 is 34.8. The fourth-order valence-electron chi connectivity index (χ4n) is 5.83. The second kappa shape index (κ2) is 8.28. The highest BCUT2D eigenvalue weighted by Gasteiger charge is 2.40. The SMILES string of the molecule is CC(=O)N1CCN2c3cc4c(N[C@H](C)c5cccc6c5CCC6(F)F)nc(C)nc4cc3OCC2C1. The minimum atomic E-state index is -2.77. The van der Waals surface area contributed by atoms with E-state index in [0.717, 1.165) is 40.0 Å². The molecular weight excluding hydrogens is 464 g/mol. The topological polar surface area (TPSA) is 70.6 Å². The average Bonchev–Trinajstić information content (AvgIpc) is 3.17. The lowest BCUT2D eigenvalue weighted by Gasteiger charge is -2.45. The first-order chi connectivity index (χ1) is 17.2. The van der Waals surface area contributed by atoms with Gasteiger partial charge in [-0.05, 0) is 37.5 Å². The number of carbonyl (C=O) groups is 1. The second-order valence-corrected chi connectivity index (χ2v) is 10.0. The van der Waals surface area contributed by atoms with Crippen LogP contribution in [0.1, 0.15) is 48.8 Å². The molecule has 3 heterocycles. The van der Waals surface area contributed by atoms with Gasteiger partial charge in [-0.15, -0.1) is 0 Å². The number of aromatic nitrogens is 2. The largest absolute Gasteiger partial charge is 0.489 e. The predicted octanol–water partition coefficient (Wildman–Crippen LogP) is 4.58. The zero-order chi connectivity index (χ0) is 25.2. The molecule has 3 aliphatic rings. The Morgan fingerprint density at radius 1 is 1.25 bits per heavy atom. The van der Waals surface area contributed by atoms with Gasteiger partial charge in [0.05, 0.1) is 23.3 Å². The minimum absolute atomic E-state index is 0.0773. The number of ether oxygens (including phenoxy) is 1. The molecule has 1 aliphatic carbocycles. The summed E-state index contributed by atoms with van der Waals surface area (Å²) >= 11 is 0. The van der Waals surface area contributed by atoms with Gasteiger partial charge in [0.1, 0.15) is 24.0 Å². The van der Waals surface area contributed by atoms with Crippen molar-refractivity contribution in [2.75, 3.05) is 36.5 Å². The van der Waals surface area contributed by atoms with Gasteiger partial charge in [0.2, 0.25) is 5.91 Å². The van der Waals surface area contributed by atoms with Crippen LogP contribution in [0.15, 0.2) is 30.3 Å². The van der Waals surface area contributed by atoms with Crippen molar-refractivity contribution in [3.63, 3.8) is 0 Å². The van der Waals surface area contributed by atoms with E-state index < -0.39 is 5.92 Å². The Bertz CT molecular complexity index is 1380. The molecule has 9 heteroatoms. The summed E-state index contributed by atoms with van der Waals surface area (Å²) in [7, 11) is 0. The number of rotatable bonds is 3. The Balaban J connectivity index is 1.36. The Kier molecular flexibility index (Phi) is 5.28. The third-order valence-corrected chi connectivity index (χ3v) is 7.67. The molecule has 2 aliphatic heterocycles. The molecule has 1 saturated heterocycles. The maximum atomic E-state index is 14.4. The van der Waals surface area contributed by atoms with Crippen molar-refractivity contribution in [3.05, 3.63) is 52.8 Å². The molecule has 0 bridgehead atoms. The number of halogens is 2. The van der Waals surface area contributed by atoms with E-state index in [1.54, 1.807) is 13.0 Å². The van der Waals surface area contributed by atoms with Gasteiger partial charge in [-0.3, -0.25) is 4.79 Å². The second-order valence-electron chi connectivity index (χ2n) is 10.0. The Hall–Kier alpha value is -3.49. The van der Waals surface area contributed by atoms with Crippen LogP contribution >= 0.6 is 0 Å². The number of benzene rings is 2. The summed E-state index contributed by atoms with van der Waals surface area (Å²) in [5, 5.41) is 4.34. The molecular formula is C27H29F2N5O2. The molecule has 7 nitrogen and oxygen atoms in total. The van der Waals surface area contributed by atoms with Crippen molar-refractivity contribution < 1.29 is 18.3 Å². The third kappa shape index (κ3) is 3.72. The number of hydrogen-bond acceptors (Lipinski definition) is 6. The van der Waals surface area contributed by atoms with Crippen molar-refractivity contribution >= 4 is 28.3 Å². The number of carbonyl (C=O) groups excluding carboxylic acids is 1. The van der Waals surface area contributed by atoms with Crippen LogP contribution in [0.25, 0.3) is 10.9 Å². The molecule has 2 atom stereocenters. The summed E-state index contributed by atoms with van der Waals surface area (Å²) in [6, 6.07) is 9.04.